The molecule has 0 radical (unpaired) electrons. The molecule has 0 unspecified atom stereocenters. The Balaban J connectivity index is 2.11. The molecule has 8 heteroatoms. The topological polar surface area (TPSA) is 68.0 Å². The Morgan fingerprint density at radius 2 is 2.14 bits per heavy atom. The van der Waals surface area contributed by atoms with Crippen molar-refractivity contribution < 1.29 is 4.39 Å². The normalized spacial score (nSPS) is 11.5. The van der Waals surface area contributed by atoms with Crippen LogP contribution < -0.4 is 5.69 Å². The average Bonchev–Trinajstić information content (AvgIpc) is 3.00. The van der Waals surface area contributed by atoms with Gasteiger partial charge in [0.2, 0.25) is 0 Å². The number of hydrogen-bond acceptors (Lipinski definition) is 3. The van der Waals surface area contributed by atoms with Gasteiger partial charge in [-0.15, -0.1) is 5.10 Å². The zero-order valence-electron chi connectivity index (χ0n) is 10.4. The first kappa shape index (κ1) is 12.3. The van der Waals surface area contributed by atoms with Crippen molar-refractivity contribution in [1.82, 2.24) is 24.1 Å². The average molecular weight is 348 g/mol. The summed E-state index contributed by atoms with van der Waals surface area (Å²) in [5.74, 6) is -0.504. The number of H-pyrrole nitrogens is 1. The first-order chi connectivity index (χ1) is 10.1. The number of aromatic amines is 1. The van der Waals surface area contributed by atoms with Crippen LogP contribution in [0.5, 0.6) is 0 Å². The summed E-state index contributed by atoms with van der Waals surface area (Å²) in [6, 6.07) is 6.19. The van der Waals surface area contributed by atoms with E-state index >= 15 is 0 Å². The molecular formula is C13H7BrFN5O. The van der Waals surface area contributed by atoms with Crippen molar-refractivity contribution >= 4 is 32.7 Å². The number of imidazole rings is 2. The molecule has 3 aromatic heterocycles. The van der Waals surface area contributed by atoms with Crippen LogP contribution in [-0.4, -0.2) is 24.1 Å². The molecule has 6 nitrogen and oxygen atoms in total. The number of hydrogen-bond donors (Lipinski definition) is 1. The molecule has 0 atom stereocenters. The molecule has 0 saturated carbocycles. The minimum absolute atomic E-state index is 0.159. The molecule has 0 aliphatic heterocycles. The summed E-state index contributed by atoms with van der Waals surface area (Å²) in [7, 11) is 0. The van der Waals surface area contributed by atoms with E-state index in [1.165, 1.54) is 16.7 Å². The van der Waals surface area contributed by atoms with Gasteiger partial charge in [-0.1, -0.05) is 15.9 Å². The smallest absolute Gasteiger partial charge is 0.288 e. The van der Waals surface area contributed by atoms with Crippen LogP contribution in [0.25, 0.3) is 22.5 Å². The Morgan fingerprint density at radius 1 is 1.29 bits per heavy atom. The largest absolute Gasteiger partial charge is 0.332 e. The number of nitrogens with one attached hydrogen (secondary N) is 1. The fourth-order valence-electron chi connectivity index (χ4n) is 2.27. The standard InChI is InChI=1S/C13H7BrFN5O/c14-7-1-2-9(8(15)5-7)20-10-6-11-16-3-4-19(11)18-12(10)17-13(20)21/h1-6H,(H,17,18,21). The third-order valence-corrected chi connectivity index (χ3v) is 3.68. The van der Waals surface area contributed by atoms with Crippen molar-refractivity contribution in [3.8, 4) is 5.69 Å². The molecule has 4 aromatic rings. The predicted octanol–water partition coefficient (Wildman–Crippen LogP) is 2.26. The molecule has 0 aliphatic rings. The minimum Gasteiger partial charge on any atom is -0.288 e. The monoisotopic (exact) mass is 347 g/mol. The highest BCUT2D eigenvalue weighted by molar-refractivity contribution is 9.10. The highest BCUT2D eigenvalue weighted by Crippen LogP contribution is 2.21. The van der Waals surface area contributed by atoms with Gasteiger partial charge in [-0.05, 0) is 18.2 Å². The van der Waals surface area contributed by atoms with Crippen LogP contribution in [0.1, 0.15) is 0 Å². The van der Waals surface area contributed by atoms with Crippen molar-refractivity contribution in [3.63, 3.8) is 0 Å². The second kappa shape index (κ2) is 4.26. The first-order valence-corrected chi connectivity index (χ1v) is 6.83. The van der Waals surface area contributed by atoms with Crippen LogP contribution in [-0.2, 0) is 0 Å². The number of fused-ring (bicyclic) bond motifs is 2. The van der Waals surface area contributed by atoms with Crippen LogP contribution in [0, 0.1) is 5.82 Å². The van der Waals surface area contributed by atoms with Crippen molar-refractivity contribution in [2.75, 3.05) is 0 Å². The van der Waals surface area contributed by atoms with Crippen LogP contribution in [0.2, 0.25) is 0 Å². The van der Waals surface area contributed by atoms with Crippen molar-refractivity contribution in [2.45, 2.75) is 0 Å². The highest BCUT2D eigenvalue weighted by Gasteiger charge is 2.14. The number of nitrogens with zero attached hydrogens (tertiary/aromatic N) is 4. The Labute approximate surface area is 125 Å². The quantitative estimate of drug-likeness (QED) is 0.574. The van der Waals surface area contributed by atoms with Crippen LogP contribution >= 0.6 is 15.9 Å². The number of rotatable bonds is 1. The summed E-state index contributed by atoms with van der Waals surface area (Å²) >= 11 is 3.19. The summed E-state index contributed by atoms with van der Waals surface area (Å²) in [5.41, 5.74) is 1.12. The molecule has 0 saturated heterocycles. The molecule has 104 valence electrons. The van der Waals surface area contributed by atoms with Gasteiger partial charge in [-0.2, -0.15) is 0 Å². The van der Waals surface area contributed by atoms with Crippen molar-refractivity contribution in [2.24, 2.45) is 0 Å². The maximum Gasteiger partial charge on any atom is 0.332 e. The van der Waals surface area contributed by atoms with E-state index in [9.17, 15) is 9.18 Å². The molecule has 1 aromatic carbocycles. The maximum atomic E-state index is 14.1. The number of halogens is 2. The summed E-state index contributed by atoms with van der Waals surface area (Å²) in [5, 5.41) is 4.24. The number of aromatic nitrogens is 5. The van der Waals surface area contributed by atoms with E-state index in [1.807, 2.05) is 0 Å². The molecule has 0 amide bonds. The summed E-state index contributed by atoms with van der Waals surface area (Å²) < 4.78 is 17.5. The zero-order chi connectivity index (χ0) is 14.6. The van der Waals surface area contributed by atoms with Gasteiger partial charge in [0.1, 0.15) is 5.82 Å². The van der Waals surface area contributed by atoms with Gasteiger partial charge in [0.25, 0.3) is 0 Å². The van der Waals surface area contributed by atoms with Gasteiger partial charge in [0.15, 0.2) is 11.3 Å². The summed E-state index contributed by atoms with van der Waals surface area (Å²) in [6.45, 7) is 0. The molecule has 0 spiro atoms. The molecule has 0 fully saturated rings. The fraction of sp³-hybridized carbons (Fsp3) is 0. The SMILES string of the molecule is O=c1[nH]c2nn3ccnc3cc2n1-c1ccc(Br)cc1F. The van der Waals surface area contributed by atoms with Gasteiger partial charge in [0.05, 0.1) is 11.2 Å². The molecule has 4 rings (SSSR count). The molecular weight excluding hydrogens is 341 g/mol. The van der Waals surface area contributed by atoms with Crippen LogP contribution in [0.3, 0.4) is 0 Å². The van der Waals surface area contributed by atoms with E-state index < -0.39 is 11.5 Å². The van der Waals surface area contributed by atoms with E-state index in [4.69, 9.17) is 0 Å². The van der Waals surface area contributed by atoms with Gasteiger partial charge >= 0.3 is 5.69 Å². The fourth-order valence-corrected chi connectivity index (χ4v) is 2.61. The van der Waals surface area contributed by atoms with E-state index in [2.05, 4.69) is 31.0 Å². The maximum absolute atomic E-state index is 14.1. The third kappa shape index (κ3) is 1.79. The lowest BCUT2D eigenvalue weighted by Gasteiger charge is -2.05. The highest BCUT2D eigenvalue weighted by atomic mass is 79.9. The van der Waals surface area contributed by atoms with Gasteiger partial charge in [-0.3, -0.25) is 9.55 Å². The molecule has 1 N–H and O–H groups in total. The van der Waals surface area contributed by atoms with E-state index in [1.54, 1.807) is 29.0 Å². The molecule has 0 aliphatic carbocycles. The van der Waals surface area contributed by atoms with Crippen LogP contribution in [0.4, 0.5) is 4.39 Å². The zero-order valence-corrected chi connectivity index (χ0v) is 12.0. The summed E-state index contributed by atoms with van der Waals surface area (Å²) in [6.07, 6.45) is 3.27. The minimum atomic E-state index is -0.504. The lowest BCUT2D eigenvalue weighted by Crippen LogP contribution is -2.15. The molecule has 21 heavy (non-hydrogen) atoms. The van der Waals surface area contributed by atoms with E-state index in [0.717, 1.165) is 0 Å². The molecule has 3 heterocycles. The Morgan fingerprint density at radius 3 is 2.95 bits per heavy atom. The Hall–Kier alpha value is -2.48. The van der Waals surface area contributed by atoms with Crippen molar-refractivity contribution in [1.29, 1.82) is 0 Å². The van der Waals surface area contributed by atoms with Gasteiger partial charge in [0, 0.05) is 22.9 Å². The van der Waals surface area contributed by atoms with Crippen molar-refractivity contribution in [3.05, 3.63) is 57.4 Å². The molecule has 0 bridgehead atoms. The van der Waals surface area contributed by atoms with Gasteiger partial charge < -0.3 is 0 Å². The van der Waals surface area contributed by atoms with Gasteiger partial charge in [-0.25, -0.2) is 18.7 Å². The van der Waals surface area contributed by atoms with E-state index in [0.29, 0.717) is 21.3 Å². The lowest BCUT2D eigenvalue weighted by atomic mass is 10.3. The van der Waals surface area contributed by atoms with Crippen LogP contribution in [0.15, 0.2) is 45.9 Å². The number of benzene rings is 1. The Bertz CT molecular complexity index is 1050. The third-order valence-electron chi connectivity index (χ3n) is 3.19. The summed E-state index contributed by atoms with van der Waals surface area (Å²) in [4.78, 5) is 18.9. The van der Waals surface area contributed by atoms with E-state index in [-0.39, 0.29) is 5.69 Å². The lowest BCUT2D eigenvalue weighted by molar-refractivity contribution is 0.617. The second-order valence-corrected chi connectivity index (χ2v) is 5.39. The Kier molecular flexibility index (Phi) is 2.49. The second-order valence-electron chi connectivity index (χ2n) is 4.47. The predicted molar refractivity (Wildman–Crippen MR) is 78.1 cm³/mol. The first-order valence-electron chi connectivity index (χ1n) is 6.04.